The third-order valence-electron chi connectivity index (χ3n) is 5.05. The van der Waals surface area contributed by atoms with Gasteiger partial charge in [0.05, 0.1) is 21.9 Å². The summed E-state index contributed by atoms with van der Waals surface area (Å²) in [5.41, 5.74) is 0.278. The molecule has 14 heteroatoms. The minimum atomic E-state index is -3.28. The number of thiophene rings is 1. The van der Waals surface area contributed by atoms with Gasteiger partial charge in [0, 0.05) is 24.5 Å². The molecule has 0 radical (unpaired) electrons. The molecule has 4 amide bonds. The van der Waals surface area contributed by atoms with Crippen LogP contribution in [-0.4, -0.2) is 68.8 Å². The Kier molecular flexibility index (Phi) is 9.78. The van der Waals surface area contributed by atoms with Gasteiger partial charge in [0.25, 0.3) is 17.7 Å². The fourth-order valence-electron chi connectivity index (χ4n) is 3.40. The number of rotatable bonds is 9. The number of carbonyl (C=O) groups is 4. The summed E-state index contributed by atoms with van der Waals surface area (Å²) in [6.45, 7) is -0.0832. The van der Waals surface area contributed by atoms with Crippen molar-refractivity contribution in [3.63, 3.8) is 0 Å². The number of halogens is 3. The maximum atomic E-state index is 14.1. The smallest absolute Gasteiger partial charge is 0.408 e. The maximum Gasteiger partial charge on any atom is 0.408 e. The standard InChI is InChI=1S/C23H25ClF2N4O6S/c1-13(2)36-23(34)28-16(11-27-20(32)17-7-8-18(24)37-17)21(33)30(22(25)26)15-5-3-14(4-6-15)29-9-10-35-12-19(29)31/h3-8,13,16,22H,9-12H2,1-2H3,(H,27,32)(H,28,34)/t16-/m0/s1. The number of hydrogen-bond donors (Lipinski definition) is 2. The van der Waals surface area contributed by atoms with Crippen LogP contribution in [-0.2, 0) is 19.1 Å². The predicted octanol–water partition coefficient (Wildman–Crippen LogP) is 3.25. The van der Waals surface area contributed by atoms with Gasteiger partial charge < -0.3 is 25.0 Å². The van der Waals surface area contributed by atoms with Crippen molar-refractivity contribution in [2.75, 3.05) is 36.1 Å². The number of anilines is 2. The molecule has 1 atom stereocenters. The monoisotopic (exact) mass is 558 g/mol. The average Bonchev–Trinajstić information content (AvgIpc) is 3.28. The Balaban J connectivity index is 1.80. The maximum absolute atomic E-state index is 14.1. The minimum Gasteiger partial charge on any atom is -0.447 e. The summed E-state index contributed by atoms with van der Waals surface area (Å²) in [5, 5.41) is 4.69. The zero-order chi connectivity index (χ0) is 27.1. The largest absolute Gasteiger partial charge is 0.447 e. The van der Waals surface area contributed by atoms with E-state index in [1.807, 2.05) is 0 Å². The molecule has 200 valence electrons. The molecule has 0 aliphatic carbocycles. The molecule has 1 saturated heterocycles. The number of hydrogen-bond acceptors (Lipinski definition) is 7. The normalized spacial score (nSPS) is 14.5. The average molecular weight is 559 g/mol. The first-order chi connectivity index (χ1) is 17.6. The fourth-order valence-corrected chi connectivity index (χ4v) is 4.36. The lowest BCUT2D eigenvalue weighted by molar-refractivity contribution is -0.125. The molecule has 1 aromatic carbocycles. The Morgan fingerprint density at radius 3 is 2.46 bits per heavy atom. The topological polar surface area (TPSA) is 117 Å². The van der Waals surface area contributed by atoms with E-state index in [0.717, 1.165) is 11.3 Å². The number of alkyl carbamates (subject to hydrolysis) is 1. The summed E-state index contributed by atoms with van der Waals surface area (Å²) in [4.78, 5) is 51.8. The fraction of sp³-hybridized carbons (Fsp3) is 0.391. The molecule has 1 aliphatic rings. The lowest BCUT2D eigenvalue weighted by Gasteiger charge is -2.29. The van der Waals surface area contributed by atoms with Crippen molar-refractivity contribution < 1.29 is 37.4 Å². The highest BCUT2D eigenvalue weighted by Crippen LogP contribution is 2.25. The van der Waals surface area contributed by atoms with E-state index in [1.54, 1.807) is 13.8 Å². The number of alkyl halides is 2. The van der Waals surface area contributed by atoms with Gasteiger partial charge in [-0.2, -0.15) is 8.78 Å². The number of morpholine rings is 1. The van der Waals surface area contributed by atoms with Crippen LogP contribution in [0, 0.1) is 0 Å². The van der Waals surface area contributed by atoms with Crippen LogP contribution < -0.4 is 20.4 Å². The Morgan fingerprint density at radius 2 is 1.89 bits per heavy atom. The van der Waals surface area contributed by atoms with Crippen LogP contribution in [0.25, 0.3) is 0 Å². The van der Waals surface area contributed by atoms with E-state index in [0.29, 0.717) is 23.2 Å². The van der Waals surface area contributed by atoms with Crippen LogP contribution in [0.1, 0.15) is 23.5 Å². The highest BCUT2D eigenvalue weighted by Gasteiger charge is 2.33. The second-order valence-electron chi connectivity index (χ2n) is 8.07. The molecular weight excluding hydrogens is 534 g/mol. The van der Waals surface area contributed by atoms with E-state index in [4.69, 9.17) is 21.1 Å². The van der Waals surface area contributed by atoms with E-state index >= 15 is 0 Å². The molecule has 1 aliphatic heterocycles. The quantitative estimate of drug-likeness (QED) is 0.456. The van der Waals surface area contributed by atoms with Gasteiger partial charge in [-0.3, -0.25) is 19.3 Å². The number of benzene rings is 1. The van der Waals surface area contributed by atoms with Crippen molar-refractivity contribution in [1.29, 1.82) is 0 Å². The summed E-state index contributed by atoms with van der Waals surface area (Å²) >= 11 is 6.83. The van der Waals surface area contributed by atoms with Crippen LogP contribution >= 0.6 is 22.9 Å². The number of nitrogens with zero attached hydrogens (tertiary/aromatic N) is 2. The molecule has 1 fully saturated rings. The molecule has 2 heterocycles. The molecule has 0 spiro atoms. The first kappa shape index (κ1) is 28.3. The summed E-state index contributed by atoms with van der Waals surface area (Å²) < 4.78 is 38.6. The van der Waals surface area contributed by atoms with Crippen LogP contribution in [0.2, 0.25) is 4.34 Å². The van der Waals surface area contributed by atoms with E-state index < -0.39 is 43.1 Å². The number of carbonyl (C=O) groups excluding carboxylic acids is 4. The lowest BCUT2D eigenvalue weighted by atomic mass is 10.2. The zero-order valence-electron chi connectivity index (χ0n) is 19.9. The Hall–Kier alpha value is -3.29. The van der Waals surface area contributed by atoms with Crippen LogP contribution in [0.3, 0.4) is 0 Å². The Bertz CT molecular complexity index is 1130. The van der Waals surface area contributed by atoms with Gasteiger partial charge in [-0.05, 0) is 50.2 Å². The molecule has 0 bridgehead atoms. The molecule has 2 aromatic rings. The molecular formula is C23H25ClF2N4O6S. The predicted molar refractivity (Wildman–Crippen MR) is 133 cm³/mol. The molecule has 1 aromatic heterocycles. The van der Waals surface area contributed by atoms with E-state index in [2.05, 4.69) is 10.6 Å². The van der Waals surface area contributed by atoms with E-state index in [9.17, 15) is 28.0 Å². The van der Waals surface area contributed by atoms with Crippen molar-refractivity contribution in [2.24, 2.45) is 0 Å². The summed E-state index contributed by atoms with van der Waals surface area (Å²) in [5.74, 6) is -2.07. The number of nitrogens with one attached hydrogen (secondary N) is 2. The molecule has 3 rings (SSSR count). The van der Waals surface area contributed by atoms with Gasteiger partial charge in [-0.25, -0.2) is 4.79 Å². The molecule has 2 N–H and O–H groups in total. The zero-order valence-corrected chi connectivity index (χ0v) is 21.5. The van der Waals surface area contributed by atoms with Crippen LogP contribution in [0.15, 0.2) is 36.4 Å². The number of amides is 4. The molecule has 0 unspecified atom stereocenters. The first-order valence-corrected chi connectivity index (χ1v) is 12.4. The molecule has 37 heavy (non-hydrogen) atoms. The van der Waals surface area contributed by atoms with Crippen LogP contribution in [0.4, 0.5) is 25.0 Å². The van der Waals surface area contributed by atoms with Crippen molar-refractivity contribution in [2.45, 2.75) is 32.5 Å². The van der Waals surface area contributed by atoms with Gasteiger partial charge in [-0.15, -0.1) is 11.3 Å². The highest BCUT2D eigenvalue weighted by atomic mass is 35.5. The van der Waals surface area contributed by atoms with Gasteiger partial charge in [-0.1, -0.05) is 11.6 Å². The number of ether oxygens (including phenoxy) is 2. The highest BCUT2D eigenvalue weighted by molar-refractivity contribution is 7.18. The molecule has 10 nitrogen and oxygen atoms in total. The van der Waals surface area contributed by atoms with Gasteiger partial charge in [0.15, 0.2) is 0 Å². The third kappa shape index (κ3) is 7.60. The van der Waals surface area contributed by atoms with Gasteiger partial charge in [0.1, 0.15) is 12.6 Å². The van der Waals surface area contributed by atoms with Crippen molar-refractivity contribution in [3.8, 4) is 0 Å². The minimum absolute atomic E-state index is 0.0907. The summed E-state index contributed by atoms with van der Waals surface area (Å²) in [6, 6.07) is 6.77. The van der Waals surface area contributed by atoms with Crippen molar-refractivity contribution in [1.82, 2.24) is 10.6 Å². The Morgan fingerprint density at radius 1 is 1.19 bits per heavy atom. The lowest BCUT2D eigenvalue weighted by Crippen LogP contribution is -2.55. The third-order valence-corrected chi connectivity index (χ3v) is 6.28. The summed E-state index contributed by atoms with van der Waals surface area (Å²) in [7, 11) is 0. The van der Waals surface area contributed by atoms with Crippen LogP contribution in [0.5, 0.6) is 0 Å². The second kappa shape index (κ2) is 12.8. The summed E-state index contributed by atoms with van der Waals surface area (Å²) in [6.07, 6.45) is -1.56. The van der Waals surface area contributed by atoms with Crippen molar-refractivity contribution in [3.05, 3.63) is 45.6 Å². The van der Waals surface area contributed by atoms with Crippen molar-refractivity contribution >= 4 is 58.1 Å². The second-order valence-corrected chi connectivity index (χ2v) is 9.78. The first-order valence-electron chi connectivity index (χ1n) is 11.2. The molecule has 0 saturated carbocycles. The SMILES string of the molecule is CC(C)OC(=O)N[C@@H](CNC(=O)c1ccc(Cl)s1)C(=O)N(c1ccc(N2CCOCC2=O)cc1)C(F)F. The van der Waals surface area contributed by atoms with Gasteiger partial charge in [0.2, 0.25) is 0 Å². The van der Waals surface area contributed by atoms with E-state index in [-0.39, 0.29) is 28.0 Å². The van der Waals surface area contributed by atoms with E-state index in [1.165, 1.54) is 41.3 Å². The Labute approximate surface area is 220 Å². The van der Waals surface area contributed by atoms with Gasteiger partial charge >= 0.3 is 12.6 Å².